The molecule has 0 radical (unpaired) electrons. The summed E-state index contributed by atoms with van der Waals surface area (Å²) < 4.78 is 5.33. The number of likely N-dealkylation sites (tertiary alicyclic amines) is 1. The smallest absolute Gasteiger partial charge is 0.410 e. The van der Waals surface area contributed by atoms with E-state index in [1.165, 1.54) is 0 Å². The van der Waals surface area contributed by atoms with E-state index in [2.05, 4.69) is 0 Å². The predicted octanol–water partition coefficient (Wildman–Crippen LogP) is 2.08. The molecule has 19 heavy (non-hydrogen) atoms. The van der Waals surface area contributed by atoms with Gasteiger partial charge < -0.3 is 14.5 Å². The quantitative estimate of drug-likeness (QED) is 0.732. The summed E-state index contributed by atoms with van der Waals surface area (Å²) in [4.78, 5) is 26.8. The molecule has 2 amide bonds. The molecule has 0 aromatic carbocycles. The Morgan fingerprint density at radius 3 is 2.26 bits per heavy atom. The van der Waals surface area contributed by atoms with Crippen molar-refractivity contribution in [3.8, 4) is 0 Å². The molecular weight excluding hydrogens is 268 g/mol. The van der Waals surface area contributed by atoms with E-state index in [1.54, 1.807) is 16.8 Å². The zero-order chi connectivity index (χ0) is 14.6. The maximum absolute atomic E-state index is 11.9. The van der Waals surface area contributed by atoms with Crippen LogP contribution in [-0.4, -0.2) is 59.5 Å². The van der Waals surface area contributed by atoms with Gasteiger partial charge in [-0.2, -0.15) is 0 Å². The lowest BCUT2D eigenvalue weighted by Crippen LogP contribution is -2.48. The number of ether oxygens (including phenoxy) is 1. The van der Waals surface area contributed by atoms with Gasteiger partial charge in [-0.15, -0.1) is 11.6 Å². The molecule has 1 rings (SSSR count). The van der Waals surface area contributed by atoms with Gasteiger partial charge in [0.15, 0.2) is 0 Å². The second-order valence-electron chi connectivity index (χ2n) is 5.84. The molecule has 1 aliphatic heterocycles. The number of alkyl halides is 1. The molecule has 110 valence electrons. The van der Waals surface area contributed by atoms with Gasteiger partial charge in [0, 0.05) is 26.2 Å². The largest absolute Gasteiger partial charge is 0.444 e. The lowest BCUT2D eigenvalue weighted by Gasteiger charge is -2.37. The van der Waals surface area contributed by atoms with E-state index in [9.17, 15) is 9.59 Å². The molecule has 5 nitrogen and oxygen atoms in total. The first-order valence-electron chi connectivity index (χ1n) is 6.54. The van der Waals surface area contributed by atoms with Gasteiger partial charge in [0.05, 0.1) is 0 Å². The fourth-order valence-electron chi connectivity index (χ4n) is 2.07. The molecule has 0 bridgehead atoms. The molecule has 0 saturated carbocycles. The minimum absolute atomic E-state index is 0.0204. The first-order valence-corrected chi connectivity index (χ1v) is 7.07. The molecule has 0 aliphatic carbocycles. The Morgan fingerprint density at radius 1 is 1.32 bits per heavy atom. The molecule has 1 aliphatic rings. The van der Waals surface area contributed by atoms with Crippen molar-refractivity contribution in [3.05, 3.63) is 0 Å². The number of amides is 2. The number of carbonyl (C=O) groups excluding carboxylic acids is 2. The van der Waals surface area contributed by atoms with Gasteiger partial charge in [-0.05, 0) is 33.6 Å². The van der Waals surface area contributed by atoms with E-state index in [0.717, 1.165) is 12.8 Å². The van der Waals surface area contributed by atoms with Gasteiger partial charge in [0.1, 0.15) is 11.5 Å². The number of nitrogens with zero attached hydrogens (tertiary/aromatic N) is 2. The first-order chi connectivity index (χ1) is 8.74. The van der Waals surface area contributed by atoms with Crippen LogP contribution < -0.4 is 0 Å². The summed E-state index contributed by atoms with van der Waals surface area (Å²) in [7, 11) is 1.75. The van der Waals surface area contributed by atoms with Crippen LogP contribution in [0.15, 0.2) is 0 Å². The van der Waals surface area contributed by atoms with Crippen LogP contribution in [0.25, 0.3) is 0 Å². The average molecular weight is 291 g/mol. The fourth-order valence-corrected chi connectivity index (χ4v) is 2.24. The van der Waals surface area contributed by atoms with Crippen LogP contribution >= 0.6 is 11.6 Å². The van der Waals surface area contributed by atoms with Crippen molar-refractivity contribution < 1.29 is 14.3 Å². The normalized spacial score (nSPS) is 17.2. The molecule has 1 fully saturated rings. The SMILES string of the molecule is CN(C(=O)OC(C)(C)C)C1CCN(C(=O)CCl)CC1. The summed E-state index contributed by atoms with van der Waals surface area (Å²) in [5.74, 6) is -0.0212. The van der Waals surface area contributed by atoms with E-state index in [4.69, 9.17) is 16.3 Å². The first kappa shape index (κ1) is 16.1. The Morgan fingerprint density at radius 2 is 1.84 bits per heavy atom. The molecule has 0 aromatic heterocycles. The summed E-state index contributed by atoms with van der Waals surface area (Å²) in [6, 6.07) is 0.120. The lowest BCUT2D eigenvalue weighted by molar-refractivity contribution is -0.129. The molecule has 6 heteroatoms. The van der Waals surface area contributed by atoms with Gasteiger partial charge in [-0.25, -0.2) is 4.79 Å². The average Bonchev–Trinajstić information content (AvgIpc) is 2.35. The summed E-state index contributed by atoms with van der Waals surface area (Å²) in [6.45, 7) is 6.83. The topological polar surface area (TPSA) is 49.9 Å². The summed E-state index contributed by atoms with van der Waals surface area (Å²) in [5.41, 5.74) is -0.485. The number of halogens is 1. The van der Waals surface area contributed by atoms with E-state index in [1.807, 2.05) is 20.8 Å². The third-order valence-corrected chi connectivity index (χ3v) is 3.39. The second-order valence-corrected chi connectivity index (χ2v) is 6.10. The monoisotopic (exact) mass is 290 g/mol. The molecule has 0 N–H and O–H groups in total. The molecule has 0 atom stereocenters. The van der Waals surface area contributed by atoms with Gasteiger partial charge >= 0.3 is 6.09 Å². The third kappa shape index (κ3) is 4.90. The zero-order valence-electron chi connectivity index (χ0n) is 12.1. The molecule has 1 heterocycles. The van der Waals surface area contributed by atoms with E-state index in [-0.39, 0.29) is 23.9 Å². The highest BCUT2D eigenvalue weighted by atomic mass is 35.5. The van der Waals surface area contributed by atoms with Crippen molar-refractivity contribution in [3.63, 3.8) is 0 Å². The predicted molar refractivity (Wildman–Crippen MR) is 74.3 cm³/mol. The third-order valence-electron chi connectivity index (χ3n) is 3.16. The van der Waals surface area contributed by atoms with E-state index < -0.39 is 5.60 Å². The van der Waals surface area contributed by atoms with Gasteiger partial charge in [0.25, 0.3) is 0 Å². The molecule has 1 saturated heterocycles. The Bertz CT molecular complexity index is 333. The van der Waals surface area contributed by atoms with Gasteiger partial charge in [-0.3, -0.25) is 4.79 Å². The lowest BCUT2D eigenvalue weighted by atomic mass is 10.0. The minimum Gasteiger partial charge on any atom is -0.444 e. The number of hydrogen-bond donors (Lipinski definition) is 0. The van der Waals surface area contributed by atoms with Crippen LogP contribution in [0.3, 0.4) is 0 Å². The van der Waals surface area contributed by atoms with Crippen molar-refractivity contribution >= 4 is 23.6 Å². The fraction of sp³-hybridized carbons (Fsp3) is 0.846. The molecule has 0 unspecified atom stereocenters. The van der Waals surface area contributed by atoms with Crippen LogP contribution in [0, 0.1) is 0 Å². The van der Waals surface area contributed by atoms with Crippen LogP contribution in [0.4, 0.5) is 4.79 Å². The Balaban J connectivity index is 2.46. The van der Waals surface area contributed by atoms with Crippen molar-refractivity contribution in [2.24, 2.45) is 0 Å². The molecular formula is C13H23ClN2O3. The van der Waals surface area contributed by atoms with Crippen molar-refractivity contribution in [1.29, 1.82) is 0 Å². The van der Waals surface area contributed by atoms with Gasteiger partial charge in [0.2, 0.25) is 5.91 Å². The number of hydrogen-bond acceptors (Lipinski definition) is 3. The van der Waals surface area contributed by atoms with Crippen LogP contribution in [0.1, 0.15) is 33.6 Å². The Labute approximate surface area is 119 Å². The molecule has 0 spiro atoms. The highest BCUT2D eigenvalue weighted by Gasteiger charge is 2.29. The number of rotatable bonds is 2. The van der Waals surface area contributed by atoms with Crippen LogP contribution in [0.2, 0.25) is 0 Å². The summed E-state index contributed by atoms with van der Waals surface area (Å²) in [5, 5.41) is 0. The Kier molecular flexibility index (Phi) is 5.47. The highest BCUT2D eigenvalue weighted by Crippen LogP contribution is 2.18. The highest BCUT2D eigenvalue weighted by molar-refractivity contribution is 6.27. The van der Waals surface area contributed by atoms with Crippen molar-refractivity contribution in [1.82, 2.24) is 9.80 Å². The maximum atomic E-state index is 11.9. The second kappa shape index (κ2) is 6.46. The zero-order valence-corrected chi connectivity index (χ0v) is 12.9. The number of carbonyl (C=O) groups is 2. The van der Waals surface area contributed by atoms with E-state index in [0.29, 0.717) is 13.1 Å². The molecule has 0 aromatic rings. The maximum Gasteiger partial charge on any atom is 0.410 e. The van der Waals surface area contributed by atoms with Crippen LogP contribution in [-0.2, 0) is 9.53 Å². The van der Waals surface area contributed by atoms with Crippen molar-refractivity contribution in [2.45, 2.75) is 45.3 Å². The minimum atomic E-state index is -0.485. The van der Waals surface area contributed by atoms with Crippen LogP contribution in [0.5, 0.6) is 0 Å². The number of piperidine rings is 1. The standard InChI is InChI=1S/C13H23ClN2O3/c1-13(2,3)19-12(18)15(4)10-5-7-16(8-6-10)11(17)9-14/h10H,5-9H2,1-4H3. The summed E-state index contributed by atoms with van der Waals surface area (Å²) >= 11 is 5.53. The van der Waals surface area contributed by atoms with E-state index >= 15 is 0 Å². The van der Waals surface area contributed by atoms with Gasteiger partial charge in [-0.1, -0.05) is 0 Å². The van der Waals surface area contributed by atoms with Crippen molar-refractivity contribution in [2.75, 3.05) is 26.0 Å². The summed E-state index contributed by atoms with van der Waals surface area (Å²) in [6.07, 6.45) is 1.21. The Hall–Kier alpha value is -0.970.